The van der Waals surface area contributed by atoms with E-state index < -0.39 is 28.5 Å². The second kappa shape index (κ2) is 14.2. The van der Waals surface area contributed by atoms with Crippen LogP contribution in [0.2, 0.25) is 0 Å². The number of hydrogen-bond acceptors (Lipinski definition) is 5. The van der Waals surface area contributed by atoms with Gasteiger partial charge in [-0.25, -0.2) is 8.42 Å². The van der Waals surface area contributed by atoms with Gasteiger partial charge in [-0.3, -0.25) is 13.9 Å². The maximum absolute atomic E-state index is 14.0. The molecule has 218 valence electrons. The van der Waals surface area contributed by atoms with E-state index in [1.54, 1.807) is 49.4 Å². The molecule has 1 fully saturated rings. The van der Waals surface area contributed by atoms with Crippen molar-refractivity contribution in [2.24, 2.45) is 0 Å². The van der Waals surface area contributed by atoms with Crippen molar-refractivity contribution in [1.82, 2.24) is 10.2 Å². The van der Waals surface area contributed by atoms with E-state index in [0.717, 1.165) is 35.6 Å². The van der Waals surface area contributed by atoms with Crippen molar-refractivity contribution in [2.45, 2.75) is 62.4 Å². The van der Waals surface area contributed by atoms with Crippen molar-refractivity contribution in [3.63, 3.8) is 0 Å². The SMILES string of the molecule is COc1cccc(N(CC(=O)N(CCc2ccccc2)[C@@H](C)C(=O)NC2CCCCC2)S(=O)(=O)c2ccccc2)c1. The molecule has 0 spiro atoms. The Morgan fingerprint density at radius 1 is 0.927 bits per heavy atom. The van der Waals surface area contributed by atoms with Gasteiger partial charge >= 0.3 is 0 Å². The minimum atomic E-state index is -4.11. The minimum Gasteiger partial charge on any atom is -0.497 e. The van der Waals surface area contributed by atoms with Gasteiger partial charge in [0.1, 0.15) is 18.3 Å². The number of hydrogen-bond donors (Lipinski definition) is 1. The first kappa shape index (κ1) is 30.1. The predicted octanol–water partition coefficient (Wildman–Crippen LogP) is 4.80. The summed E-state index contributed by atoms with van der Waals surface area (Å²) in [7, 11) is -2.62. The maximum atomic E-state index is 14.0. The van der Waals surface area contributed by atoms with Crippen LogP contribution in [0.5, 0.6) is 5.75 Å². The molecule has 0 heterocycles. The van der Waals surface area contributed by atoms with Crippen LogP contribution in [0.3, 0.4) is 0 Å². The van der Waals surface area contributed by atoms with Crippen LogP contribution in [0, 0.1) is 0 Å². The van der Waals surface area contributed by atoms with Crippen LogP contribution >= 0.6 is 0 Å². The van der Waals surface area contributed by atoms with E-state index in [1.165, 1.54) is 30.6 Å². The number of amides is 2. The van der Waals surface area contributed by atoms with Crippen molar-refractivity contribution in [1.29, 1.82) is 0 Å². The zero-order chi connectivity index (χ0) is 29.2. The molecule has 1 saturated carbocycles. The molecule has 41 heavy (non-hydrogen) atoms. The van der Waals surface area contributed by atoms with Crippen molar-refractivity contribution >= 4 is 27.5 Å². The topological polar surface area (TPSA) is 96.0 Å². The number of rotatable bonds is 12. The van der Waals surface area contributed by atoms with E-state index in [9.17, 15) is 18.0 Å². The van der Waals surface area contributed by atoms with Gasteiger partial charge < -0.3 is 15.0 Å². The fraction of sp³-hybridized carbons (Fsp3) is 0.375. The van der Waals surface area contributed by atoms with Gasteiger partial charge in [-0.2, -0.15) is 0 Å². The van der Waals surface area contributed by atoms with Crippen LogP contribution in [0.1, 0.15) is 44.6 Å². The predicted molar refractivity (Wildman–Crippen MR) is 160 cm³/mol. The third-order valence-electron chi connectivity index (χ3n) is 7.55. The van der Waals surface area contributed by atoms with Gasteiger partial charge in [-0.05, 0) is 56.0 Å². The van der Waals surface area contributed by atoms with Crippen LogP contribution in [-0.2, 0) is 26.0 Å². The molecule has 1 N–H and O–H groups in total. The highest BCUT2D eigenvalue weighted by molar-refractivity contribution is 7.92. The van der Waals surface area contributed by atoms with E-state index in [0.29, 0.717) is 17.9 Å². The molecule has 9 heteroatoms. The Morgan fingerprint density at radius 2 is 1.59 bits per heavy atom. The summed E-state index contributed by atoms with van der Waals surface area (Å²) in [5.74, 6) is -0.226. The fourth-order valence-corrected chi connectivity index (χ4v) is 6.58. The van der Waals surface area contributed by atoms with E-state index in [-0.39, 0.29) is 23.4 Å². The lowest BCUT2D eigenvalue weighted by molar-refractivity contribution is -0.139. The molecule has 0 bridgehead atoms. The Hall–Kier alpha value is -3.85. The molecule has 0 aromatic heterocycles. The van der Waals surface area contributed by atoms with E-state index in [1.807, 2.05) is 30.3 Å². The third-order valence-corrected chi connectivity index (χ3v) is 9.34. The molecule has 1 aliphatic carbocycles. The molecule has 0 aliphatic heterocycles. The lowest BCUT2D eigenvalue weighted by Gasteiger charge is -2.33. The number of carbonyl (C=O) groups is 2. The quantitative estimate of drug-likeness (QED) is 0.334. The van der Waals surface area contributed by atoms with Gasteiger partial charge in [0.05, 0.1) is 17.7 Å². The molecule has 0 unspecified atom stereocenters. The van der Waals surface area contributed by atoms with Gasteiger partial charge in [-0.15, -0.1) is 0 Å². The maximum Gasteiger partial charge on any atom is 0.264 e. The Labute approximate surface area is 243 Å². The molecule has 3 aromatic rings. The molecule has 0 saturated heterocycles. The van der Waals surface area contributed by atoms with Gasteiger partial charge in [0.15, 0.2) is 0 Å². The summed E-state index contributed by atoms with van der Waals surface area (Å²) in [6.45, 7) is 1.50. The van der Waals surface area contributed by atoms with Gasteiger partial charge in [0.25, 0.3) is 10.0 Å². The number of anilines is 1. The lowest BCUT2D eigenvalue weighted by atomic mass is 9.95. The van der Waals surface area contributed by atoms with Crippen molar-refractivity contribution < 1.29 is 22.7 Å². The number of nitrogens with zero attached hydrogens (tertiary/aromatic N) is 2. The summed E-state index contributed by atoms with van der Waals surface area (Å²) >= 11 is 0. The monoisotopic (exact) mass is 577 g/mol. The van der Waals surface area contributed by atoms with Crippen LogP contribution in [0.4, 0.5) is 5.69 Å². The molecule has 2 amide bonds. The molecular formula is C32H39N3O5S. The molecule has 1 aliphatic rings. The molecule has 3 aromatic carbocycles. The summed E-state index contributed by atoms with van der Waals surface area (Å²) in [6.07, 6.45) is 5.69. The number of benzene rings is 3. The van der Waals surface area contributed by atoms with Gasteiger partial charge in [0.2, 0.25) is 11.8 Å². The van der Waals surface area contributed by atoms with E-state index in [2.05, 4.69) is 5.32 Å². The first-order chi connectivity index (χ1) is 19.8. The Balaban J connectivity index is 1.64. The Kier molecular flexibility index (Phi) is 10.4. The largest absolute Gasteiger partial charge is 0.497 e. The highest BCUT2D eigenvalue weighted by atomic mass is 32.2. The van der Waals surface area contributed by atoms with E-state index >= 15 is 0 Å². The zero-order valence-corrected chi connectivity index (χ0v) is 24.6. The summed E-state index contributed by atoms with van der Waals surface area (Å²) in [4.78, 5) is 29.0. The minimum absolute atomic E-state index is 0.0644. The number of ether oxygens (including phenoxy) is 1. The van der Waals surface area contributed by atoms with Crippen molar-refractivity contribution in [3.8, 4) is 5.75 Å². The fourth-order valence-electron chi connectivity index (χ4n) is 5.15. The van der Waals surface area contributed by atoms with Crippen LogP contribution in [0.15, 0.2) is 89.8 Å². The third kappa shape index (κ3) is 7.88. The lowest BCUT2D eigenvalue weighted by Crippen LogP contribution is -2.53. The Bertz CT molecular complexity index is 1390. The summed E-state index contributed by atoms with van der Waals surface area (Å²) in [6, 6.07) is 23.7. The Morgan fingerprint density at radius 3 is 2.24 bits per heavy atom. The van der Waals surface area contributed by atoms with Gasteiger partial charge in [-0.1, -0.05) is 73.9 Å². The zero-order valence-electron chi connectivity index (χ0n) is 23.7. The number of nitrogens with one attached hydrogen (secondary N) is 1. The second-order valence-corrected chi connectivity index (χ2v) is 12.2. The highest BCUT2D eigenvalue weighted by Crippen LogP contribution is 2.27. The average molecular weight is 578 g/mol. The molecule has 4 rings (SSSR count). The van der Waals surface area contributed by atoms with Crippen LogP contribution in [-0.4, -0.2) is 57.4 Å². The second-order valence-electron chi connectivity index (χ2n) is 10.4. The normalized spacial score (nSPS) is 14.6. The highest BCUT2D eigenvalue weighted by Gasteiger charge is 2.33. The number of carbonyl (C=O) groups excluding carboxylic acids is 2. The van der Waals surface area contributed by atoms with Crippen LogP contribution < -0.4 is 14.4 Å². The first-order valence-electron chi connectivity index (χ1n) is 14.1. The van der Waals surface area contributed by atoms with Crippen molar-refractivity contribution in [3.05, 3.63) is 90.5 Å². The smallest absolute Gasteiger partial charge is 0.264 e. The molecule has 8 nitrogen and oxygen atoms in total. The first-order valence-corrected chi connectivity index (χ1v) is 15.6. The summed E-state index contributed by atoms with van der Waals surface area (Å²) in [5, 5.41) is 3.13. The van der Waals surface area contributed by atoms with Gasteiger partial charge in [0, 0.05) is 18.7 Å². The van der Waals surface area contributed by atoms with E-state index in [4.69, 9.17) is 4.74 Å². The van der Waals surface area contributed by atoms with Crippen molar-refractivity contribution in [2.75, 3.05) is 24.5 Å². The average Bonchev–Trinajstić information content (AvgIpc) is 3.01. The summed E-state index contributed by atoms with van der Waals surface area (Å²) < 4.78 is 34.2. The number of methoxy groups -OCH3 is 1. The van der Waals surface area contributed by atoms with Crippen LogP contribution in [0.25, 0.3) is 0 Å². The molecular weight excluding hydrogens is 538 g/mol. The standard InChI is InChI=1S/C32H39N3O5S/c1-25(32(37)33-27-15-8-4-9-16-27)34(22-21-26-13-6-3-7-14-26)31(36)24-35(28-17-12-18-29(23-28)40-2)41(38,39)30-19-10-5-11-20-30/h3,5-7,10-14,17-20,23,25,27H,4,8-9,15-16,21-22,24H2,1-2H3,(H,33,37)/t25-/m0/s1. The summed E-state index contributed by atoms with van der Waals surface area (Å²) in [5.41, 5.74) is 1.32. The molecule has 0 radical (unpaired) electrons. The molecule has 1 atom stereocenters. The number of sulfonamides is 1.